The van der Waals surface area contributed by atoms with E-state index in [-0.39, 0.29) is 0 Å². The maximum absolute atomic E-state index is 5.76. The summed E-state index contributed by atoms with van der Waals surface area (Å²) in [6.45, 7) is 1.66. The molecule has 1 aromatic rings. The highest BCUT2D eigenvalue weighted by Gasteiger charge is 2.28. The molecule has 2 rings (SSSR count). The Labute approximate surface area is 91.4 Å². The molecule has 0 aromatic heterocycles. The second-order valence-electron chi connectivity index (χ2n) is 4.30. The van der Waals surface area contributed by atoms with Crippen LogP contribution in [-0.2, 0) is 11.2 Å². The summed E-state index contributed by atoms with van der Waals surface area (Å²) < 4.78 is 5.76. The van der Waals surface area contributed by atoms with Crippen LogP contribution in [0, 0.1) is 5.92 Å². The molecule has 0 radical (unpaired) electrons. The molecule has 2 N–H and O–H groups in total. The summed E-state index contributed by atoms with van der Waals surface area (Å²) >= 11 is 0. The smallest absolute Gasteiger partial charge is 0.0581 e. The molecular weight excluding hydrogens is 186 g/mol. The van der Waals surface area contributed by atoms with Crippen LogP contribution in [0.3, 0.4) is 0 Å². The van der Waals surface area contributed by atoms with E-state index in [1.165, 1.54) is 5.56 Å². The highest BCUT2D eigenvalue weighted by molar-refractivity contribution is 5.14. The maximum atomic E-state index is 5.76. The van der Waals surface area contributed by atoms with Crippen LogP contribution in [0.25, 0.3) is 0 Å². The predicted octanol–water partition coefficient (Wildman–Crippen LogP) is 1.98. The Kier molecular flexibility index (Phi) is 3.75. The van der Waals surface area contributed by atoms with Gasteiger partial charge >= 0.3 is 0 Å². The molecule has 1 aromatic carbocycles. The quantitative estimate of drug-likeness (QED) is 0.797. The zero-order chi connectivity index (χ0) is 10.5. The molecule has 2 nitrogen and oxygen atoms in total. The zero-order valence-corrected chi connectivity index (χ0v) is 9.06. The molecule has 0 heterocycles. The SMILES string of the molecule is NCC1CC(OCCc2ccccc2)C1. The van der Waals surface area contributed by atoms with Crippen LogP contribution in [0.2, 0.25) is 0 Å². The number of rotatable bonds is 5. The molecule has 0 bridgehead atoms. The van der Waals surface area contributed by atoms with Crippen LogP contribution in [0.15, 0.2) is 30.3 Å². The molecule has 0 atom stereocenters. The van der Waals surface area contributed by atoms with Crippen molar-refractivity contribution in [3.63, 3.8) is 0 Å². The first kappa shape index (κ1) is 10.7. The average Bonchev–Trinajstić information content (AvgIpc) is 2.23. The lowest BCUT2D eigenvalue weighted by Gasteiger charge is -2.34. The number of hydrogen-bond donors (Lipinski definition) is 1. The lowest BCUT2D eigenvalue weighted by Crippen LogP contribution is -2.36. The van der Waals surface area contributed by atoms with Crippen LogP contribution >= 0.6 is 0 Å². The Hall–Kier alpha value is -0.860. The molecule has 0 aliphatic heterocycles. The van der Waals surface area contributed by atoms with Gasteiger partial charge in [-0.25, -0.2) is 0 Å². The van der Waals surface area contributed by atoms with E-state index in [1.54, 1.807) is 0 Å². The van der Waals surface area contributed by atoms with Crippen molar-refractivity contribution in [1.29, 1.82) is 0 Å². The average molecular weight is 205 g/mol. The zero-order valence-electron chi connectivity index (χ0n) is 9.06. The highest BCUT2D eigenvalue weighted by Crippen LogP contribution is 2.28. The first-order chi connectivity index (χ1) is 7.38. The Bertz CT molecular complexity index is 280. The van der Waals surface area contributed by atoms with Crippen molar-refractivity contribution in [2.45, 2.75) is 25.4 Å². The fourth-order valence-electron chi connectivity index (χ4n) is 1.99. The van der Waals surface area contributed by atoms with Gasteiger partial charge in [-0.2, -0.15) is 0 Å². The summed E-state index contributed by atoms with van der Waals surface area (Å²) in [6.07, 6.45) is 3.81. The van der Waals surface area contributed by atoms with Crippen molar-refractivity contribution >= 4 is 0 Å². The Balaban J connectivity index is 1.60. The molecule has 15 heavy (non-hydrogen) atoms. The molecule has 0 amide bonds. The highest BCUT2D eigenvalue weighted by atomic mass is 16.5. The van der Waals surface area contributed by atoms with Gasteiger partial charge in [-0.05, 0) is 37.3 Å². The first-order valence-corrected chi connectivity index (χ1v) is 5.74. The molecular formula is C13H19NO. The van der Waals surface area contributed by atoms with Gasteiger partial charge in [-0.1, -0.05) is 30.3 Å². The van der Waals surface area contributed by atoms with Gasteiger partial charge in [-0.3, -0.25) is 0 Å². The summed E-state index contributed by atoms with van der Waals surface area (Å²) in [4.78, 5) is 0. The molecule has 2 heteroatoms. The van der Waals surface area contributed by atoms with Gasteiger partial charge in [0.15, 0.2) is 0 Å². The fourth-order valence-corrected chi connectivity index (χ4v) is 1.99. The third kappa shape index (κ3) is 3.05. The lowest BCUT2D eigenvalue weighted by atomic mass is 9.82. The van der Waals surface area contributed by atoms with Crippen LogP contribution in [-0.4, -0.2) is 19.3 Å². The molecule has 0 unspecified atom stereocenters. The Morgan fingerprint density at radius 3 is 2.60 bits per heavy atom. The standard InChI is InChI=1S/C13H19NO/c14-10-12-8-13(9-12)15-7-6-11-4-2-1-3-5-11/h1-5,12-13H,6-10,14H2. The van der Waals surface area contributed by atoms with Crippen LogP contribution in [0.4, 0.5) is 0 Å². The summed E-state index contributed by atoms with van der Waals surface area (Å²) in [5.74, 6) is 0.715. The third-order valence-corrected chi connectivity index (χ3v) is 3.11. The molecule has 0 spiro atoms. The van der Waals surface area contributed by atoms with Crippen molar-refractivity contribution in [1.82, 2.24) is 0 Å². The minimum atomic E-state index is 0.474. The van der Waals surface area contributed by atoms with Gasteiger partial charge in [0.05, 0.1) is 12.7 Å². The van der Waals surface area contributed by atoms with Gasteiger partial charge in [0.25, 0.3) is 0 Å². The van der Waals surface area contributed by atoms with Crippen LogP contribution < -0.4 is 5.73 Å². The van der Waals surface area contributed by atoms with Crippen molar-refractivity contribution in [2.24, 2.45) is 11.7 Å². The van der Waals surface area contributed by atoms with E-state index < -0.39 is 0 Å². The number of hydrogen-bond acceptors (Lipinski definition) is 2. The maximum Gasteiger partial charge on any atom is 0.0581 e. The van der Waals surface area contributed by atoms with E-state index in [1.807, 2.05) is 6.07 Å². The molecule has 1 saturated carbocycles. The van der Waals surface area contributed by atoms with Gasteiger partial charge in [0.1, 0.15) is 0 Å². The number of benzene rings is 1. The van der Waals surface area contributed by atoms with E-state index in [2.05, 4.69) is 24.3 Å². The van der Waals surface area contributed by atoms with Crippen LogP contribution in [0.5, 0.6) is 0 Å². The number of nitrogens with two attached hydrogens (primary N) is 1. The van der Waals surface area contributed by atoms with Crippen molar-refractivity contribution in [2.75, 3.05) is 13.2 Å². The largest absolute Gasteiger partial charge is 0.378 e. The van der Waals surface area contributed by atoms with Gasteiger partial charge in [0.2, 0.25) is 0 Å². The van der Waals surface area contributed by atoms with Crippen molar-refractivity contribution < 1.29 is 4.74 Å². The van der Waals surface area contributed by atoms with Crippen LogP contribution in [0.1, 0.15) is 18.4 Å². The molecule has 1 fully saturated rings. The van der Waals surface area contributed by atoms with E-state index >= 15 is 0 Å². The molecule has 82 valence electrons. The van der Waals surface area contributed by atoms with E-state index in [4.69, 9.17) is 10.5 Å². The van der Waals surface area contributed by atoms with Gasteiger partial charge < -0.3 is 10.5 Å². The normalized spacial score (nSPS) is 24.9. The molecule has 1 aliphatic rings. The minimum absolute atomic E-state index is 0.474. The van der Waals surface area contributed by atoms with E-state index in [0.29, 0.717) is 12.0 Å². The molecule has 0 saturated heterocycles. The summed E-state index contributed by atoms with van der Waals surface area (Å²) in [6, 6.07) is 10.5. The predicted molar refractivity (Wildman–Crippen MR) is 61.7 cm³/mol. The van der Waals surface area contributed by atoms with E-state index in [9.17, 15) is 0 Å². The van der Waals surface area contributed by atoms with Gasteiger partial charge in [0, 0.05) is 0 Å². The second-order valence-corrected chi connectivity index (χ2v) is 4.30. The summed E-state index contributed by atoms with van der Waals surface area (Å²) in [5.41, 5.74) is 6.91. The first-order valence-electron chi connectivity index (χ1n) is 5.74. The summed E-state index contributed by atoms with van der Waals surface area (Å²) in [7, 11) is 0. The minimum Gasteiger partial charge on any atom is -0.378 e. The number of ether oxygens (including phenoxy) is 1. The molecule has 1 aliphatic carbocycles. The summed E-state index contributed by atoms with van der Waals surface area (Å²) in [5, 5.41) is 0. The monoisotopic (exact) mass is 205 g/mol. The Morgan fingerprint density at radius 2 is 1.93 bits per heavy atom. The fraction of sp³-hybridized carbons (Fsp3) is 0.538. The van der Waals surface area contributed by atoms with E-state index in [0.717, 1.165) is 32.4 Å². The van der Waals surface area contributed by atoms with Crippen molar-refractivity contribution in [3.8, 4) is 0 Å². The third-order valence-electron chi connectivity index (χ3n) is 3.11. The lowest BCUT2D eigenvalue weighted by molar-refractivity contribution is -0.0263. The Morgan fingerprint density at radius 1 is 1.20 bits per heavy atom. The topological polar surface area (TPSA) is 35.2 Å². The van der Waals surface area contributed by atoms with Gasteiger partial charge in [-0.15, -0.1) is 0 Å². The van der Waals surface area contributed by atoms with Crippen molar-refractivity contribution in [3.05, 3.63) is 35.9 Å². The second kappa shape index (κ2) is 5.29.